The Balaban J connectivity index is 1.79. The summed E-state index contributed by atoms with van der Waals surface area (Å²) in [5.74, 6) is -0.283. The number of likely N-dealkylation sites (tertiary alicyclic amines) is 1. The third-order valence-corrected chi connectivity index (χ3v) is 4.53. The van der Waals surface area contributed by atoms with Crippen LogP contribution in [0, 0.1) is 5.82 Å². The Hall–Kier alpha value is -0.970. The lowest BCUT2D eigenvalue weighted by Crippen LogP contribution is -2.37. The Morgan fingerprint density at radius 2 is 2.14 bits per heavy atom. The fraction of sp³-hybridized carbons (Fsp3) is 0.647. The van der Waals surface area contributed by atoms with Crippen molar-refractivity contribution in [2.45, 2.75) is 38.8 Å². The van der Waals surface area contributed by atoms with E-state index in [1.54, 1.807) is 12.1 Å². The van der Waals surface area contributed by atoms with Gasteiger partial charge in [0.05, 0.1) is 6.10 Å². The molecule has 1 aliphatic rings. The van der Waals surface area contributed by atoms with Gasteiger partial charge < -0.3 is 10.0 Å². The first kappa shape index (κ1) is 16.4. The molecule has 2 atom stereocenters. The summed E-state index contributed by atoms with van der Waals surface area (Å²) in [6.07, 6.45) is 1.29. The molecular formula is C17H27FN2O. The van der Waals surface area contributed by atoms with Crippen LogP contribution in [0.25, 0.3) is 0 Å². The molecule has 0 aromatic heterocycles. The summed E-state index contributed by atoms with van der Waals surface area (Å²) >= 11 is 0. The highest BCUT2D eigenvalue weighted by Crippen LogP contribution is 2.20. The summed E-state index contributed by atoms with van der Waals surface area (Å²) in [7, 11) is 0. The number of benzene rings is 1. The largest absolute Gasteiger partial charge is 0.388 e. The van der Waals surface area contributed by atoms with Gasteiger partial charge in [0.25, 0.3) is 0 Å². The minimum absolute atomic E-state index is 0.283. The van der Waals surface area contributed by atoms with Crippen molar-refractivity contribution in [2.75, 3.05) is 32.7 Å². The van der Waals surface area contributed by atoms with Crippen molar-refractivity contribution < 1.29 is 9.50 Å². The molecule has 4 heteroatoms. The second-order valence-electron chi connectivity index (χ2n) is 5.82. The predicted molar refractivity (Wildman–Crippen MR) is 83.7 cm³/mol. The van der Waals surface area contributed by atoms with Crippen molar-refractivity contribution in [3.05, 3.63) is 35.6 Å². The van der Waals surface area contributed by atoms with Gasteiger partial charge in [0.1, 0.15) is 5.82 Å². The van der Waals surface area contributed by atoms with Gasteiger partial charge in [-0.1, -0.05) is 26.0 Å². The monoisotopic (exact) mass is 294 g/mol. The lowest BCUT2D eigenvalue weighted by molar-refractivity contribution is 0.144. The molecule has 2 rings (SSSR count). The SMILES string of the molecule is CCN(CC)C1CCN(CCC(O)c2cccc(F)c2)C1. The molecule has 1 aliphatic heterocycles. The van der Waals surface area contributed by atoms with Crippen molar-refractivity contribution in [2.24, 2.45) is 0 Å². The van der Waals surface area contributed by atoms with Crippen molar-refractivity contribution >= 4 is 0 Å². The zero-order chi connectivity index (χ0) is 15.2. The first-order valence-electron chi connectivity index (χ1n) is 8.04. The van der Waals surface area contributed by atoms with Crippen LogP contribution >= 0.6 is 0 Å². The van der Waals surface area contributed by atoms with Crippen LogP contribution in [0.3, 0.4) is 0 Å². The van der Waals surface area contributed by atoms with Crippen molar-refractivity contribution in [3.63, 3.8) is 0 Å². The van der Waals surface area contributed by atoms with Gasteiger partial charge in [0, 0.05) is 19.1 Å². The van der Waals surface area contributed by atoms with Gasteiger partial charge in [-0.05, 0) is 50.2 Å². The molecule has 21 heavy (non-hydrogen) atoms. The van der Waals surface area contributed by atoms with Crippen LogP contribution in [-0.2, 0) is 0 Å². The van der Waals surface area contributed by atoms with Crippen LogP contribution < -0.4 is 0 Å². The maximum atomic E-state index is 13.2. The zero-order valence-corrected chi connectivity index (χ0v) is 13.1. The number of likely N-dealkylation sites (N-methyl/N-ethyl adjacent to an activating group) is 1. The van der Waals surface area contributed by atoms with Gasteiger partial charge in [-0.3, -0.25) is 4.90 Å². The van der Waals surface area contributed by atoms with E-state index >= 15 is 0 Å². The zero-order valence-electron chi connectivity index (χ0n) is 13.1. The Morgan fingerprint density at radius 3 is 2.81 bits per heavy atom. The molecule has 1 aromatic carbocycles. The van der Waals surface area contributed by atoms with Crippen LogP contribution in [0.2, 0.25) is 0 Å². The lowest BCUT2D eigenvalue weighted by Gasteiger charge is -2.26. The topological polar surface area (TPSA) is 26.7 Å². The second kappa shape index (κ2) is 7.87. The number of halogens is 1. The molecular weight excluding hydrogens is 267 g/mol. The third-order valence-electron chi connectivity index (χ3n) is 4.53. The third kappa shape index (κ3) is 4.50. The fourth-order valence-electron chi connectivity index (χ4n) is 3.24. The van der Waals surface area contributed by atoms with Crippen LogP contribution in [0.1, 0.15) is 38.4 Å². The molecule has 1 fully saturated rings. The van der Waals surface area contributed by atoms with Gasteiger partial charge in [-0.15, -0.1) is 0 Å². The number of aliphatic hydroxyl groups is 1. The molecule has 0 saturated carbocycles. The van der Waals surface area contributed by atoms with E-state index in [4.69, 9.17) is 0 Å². The van der Waals surface area contributed by atoms with Gasteiger partial charge in [-0.2, -0.15) is 0 Å². The first-order chi connectivity index (χ1) is 10.1. The van der Waals surface area contributed by atoms with E-state index in [0.717, 1.165) is 32.7 Å². The molecule has 1 aromatic rings. The minimum atomic E-state index is -0.576. The van der Waals surface area contributed by atoms with Gasteiger partial charge >= 0.3 is 0 Å². The fourth-order valence-corrected chi connectivity index (χ4v) is 3.24. The highest BCUT2D eigenvalue weighted by Gasteiger charge is 2.26. The van der Waals surface area contributed by atoms with Gasteiger partial charge in [0.2, 0.25) is 0 Å². The Bertz CT molecular complexity index is 437. The van der Waals surface area contributed by atoms with E-state index in [0.29, 0.717) is 18.0 Å². The Kier molecular flexibility index (Phi) is 6.15. The van der Waals surface area contributed by atoms with Crippen LogP contribution in [-0.4, -0.2) is 53.7 Å². The second-order valence-corrected chi connectivity index (χ2v) is 5.82. The molecule has 0 amide bonds. The van der Waals surface area contributed by atoms with Crippen LogP contribution in [0.4, 0.5) is 4.39 Å². The molecule has 0 radical (unpaired) electrons. The van der Waals surface area contributed by atoms with E-state index in [1.807, 2.05) is 0 Å². The minimum Gasteiger partial charge on any atom is -0.388 e. The van der Waals surface area contributed by atoms with Crippen molar-refractivity contribution in [1.29, 1.82) is 0 Å². The standard InChI is InChI=1S/C17H27FN2O/c1-3-20(4-2)16-8-10-19(13-16)11-9-17(21)14-6-5-7-15(18)12-14/h5-7,12,16-17,21H,3-4,8-11,13H2,1-2H3. The van der Waals surface area contributed by atoms with Crippen molar-refractivity contribution in [1.82, 2.24) is 9.80 Å². The summed E-state index contributed by atoms with van der Waals surface area (Å²) in [6, 6.07) is 6.92. The summed E-state index contributed by atoms with van der Waals surface area (Å²) in [4.78, 5) is 4.91. The Morgan fingerprint density at radius 1 is 1.38 bits per heavy atom. The molecule has 0 spiro atoms. The normalized spacial score (nSPS) is 21.1. The predicted octanol–water partition coefficient (Wildman–Crippen LogP) is 2.67. The van der Waals surface area contributed by atoms with E-state index in [9.17, 15) is 9.50 Å². The highest BCUT2D eigenvalue weighted by molar-refractivity contribution is 5.18. The summed E-state index contributed by atoms with van der Waals surface area (Å²) in [6.45, 7) is 9.66. The molecule has 118 valence electrons. The van der Waals surface area contributed by atoms with Crippen LogP contribution in [0.5, 0.6) is 0 Å². The maximum Gasteiger partial charge on any atom is 0.123 e. The number of hydrogen-bond donors (Lipinski definition) is 1. The average molecular weight is 294 g/mol. The molecule has 0 bridgehead atoms. The number of aliphatic hydroxyl groups excluding tert-OH is 1. The summed E-state index contributed by atoms with van der Waals surface area (Å²) in [5.41, 5.74) is 0.675. The molecule has 1 saturated heterocycles. The molecule has 1 N–H and O–H groups in total. The number of rotatable bonds is 7. The molecule has 2 unspecified atom stereocenters. The van der Waals surface area contributed by atoms with E-state index in [-0.39, 0.29) is 5.82 Å². The van der Waals surface area contributed by atoms with E-state index in [1.165, 1.54) is 18.6 Å². The first-order valence-corrected chi connectivity index (χ1v) is 8.04. The quantitative estimate of drug-likeness (QED) is 0.837. The van der Waals surface area contributed by atoms with Gasteiger partial charge in [0.15, 0.2) is 0 Å². The molecule has 0 aliphatic carbocycles. The van der Waals surface area contributed by atoms with Crippen LogP contribution in [0.15, 0.2) is 24.3 Å². The lowest BCUT2D eigenvalue weighted by atomic mass is 10.1. The number of hydrogen-bond acceptors (Lipinski definition) is 3. The summed E-state index contributed by atoms with van der Waals surface area (Å²) < 4.78 is 13.2. The van der Waals surface area contributed by atoms with Gasteiger partial charge in [-0.25, -0.2) is 4.39 Å². The highest BCUT2D eigenvalue weighted by atomic mass is 19.1. The Labute approximate surface area is 127 Å². The van der Waals surface area contributed by atoms with E-state index < -0.39 is 6.10 Å². The smallest absolute Gasteiger partial charge is 0.123 e. The van der Waals surface area contributed by atoms with E-state index in [2.05, 4.69) is 23.6 Å². The van der Waals surface area contributed by atoms with Crippen molar-refractivity contribution in [3.8, 4) is 0 Å². The molecule has 1 heterocycles. The molecule has 3 nitrogen and oxygen atoms in total. The average Bonchev–Trinajstić information content (AvgIpc) is 2.95. The summed E-state index contributed by atoms with van der Waals surface area (Å²) in [5, 5.41) is 10.2. The maximum absolute atomic E-state index is 13.2. The number of nitrogens with zero attached hydrogens (tertiary/aromatic N) is 2.